The number of methoxy groups -OCH3 is 5. The average Bonchev–Trinajstić information content (AvgIpc) is 3.66. The average molecular weight is 979 g/mol. The first-order valence-corrected chi connectivity index (χ1v) is 24.0. The Morgan fingerprint density at radius 3 is 2.17 bits per heavy atom. The van der Waals surface area contributed by atoms with Crippen molar-refractivity contribution >= 4 is 45.7 Å². The maximum atomic E-state index is 14.5. The van der Waals surface area contributed by atoms with Crippen LogP contribution in [0, 0.1) is 5.41 Å². The van der Waals surface area contributed by atoms with Gasteiger partial charge in [-0.1, -0.05) is 25.1 Å². The third-order valence-electron chi connectivity index (χ3n) is 13.6. The molecule has 4 fully saturated rings. The number of ether oxygens (including phenoxy) is 7. The van der Waals surface area contributed by atoms with E-state index in [-0.39, 0.29) is 29.6 Å². The van der Waals surface area contributed by atoms with Crippen LogP contribution >= 0.6 is 0 Å². The van der Waals surface area contributed by atoms with Crippen LogP contribution in [0.4, 0.5) is 0 Å². The van der Waals surface area contributed by atoms with Crippen molar-refractivity contribution < 1.29 is 79.7 Å². The Kier molecular flexibility index (Phi) is 15.0. The maximum absolute atomic E-state index is 14.5. The van der Waals surface area contributed by atoms with Crippen LogP contribution in [0.5, 0.6) is 34.5 Å². The predicted molar refractivity (Wildman–Crippen MR) is 240 cm³/mol. The summed E-state index contributed by atoms with van der Waals surface area (Å²) in [6.07, 6.45) is 1.94. The summed E-state index contributed by atoms with van der Waals surface area (Å²) >= 11 is 0. The van der Waals surface area contributed by atoms with Crippen molar-refractivity contribution in [3.63, 3.8) is 0 Å². The lowest BCUT2D eigenvalue weighted by Gasteiger charge is -2.37. The first-order chi connectivity index (χ1) is 33.0. The molecule has 2 saturated heterocycles. The van der Waals surface area contributed by atoms with Gasteiger partial charge in [-0.2, -0.15) is 0 Å². The van der Waals surface area contributed by atoms with Crippen LogP contribution in [-0.2, 0) is 54.9 Å². The smallest absolute Gasteiger partial charge is 0.341 e. The van der Waals surface area contributed by atoms with E-state index < -0.39 is 87.1 Å². The molecule has 1 N–H and O–H groups in total. The van der Waals surface area contributed by atoms with Gasteiger partial charge < -0.3 is 52.8 Å². The number of rotatable bonds is 21. The summed E-state index contributed by atoms with van der Waals surface area (Å²) in [5, 5.41) is 0.639. The van der Waals surface area contributed by atoms with Crippen molar-refractivity contribution in [3.8, 4) is 34.5 Å². The molecular formula is C48H56N3O17S-. The minimum Gasteiger partial charge on any atom is -0.747 e. The number of hydrogen-bond acceptors (Lipinski definition) is 17. The number of nitrogens with one attached hydrogen (secondary N) is 1. The minimum atomic E-state index is -5.16. The summed E-state index contributed by atoms with van der Waals surface area (Å²) in [6.45, 7) is 1.75. The van der Waals surface area contributed by atoms with Gasteiger partial charge in [-0.3, -0.25) is 19.2 Å². The van der Waals surface area contributed by atoms with E-state index in [1.807, 2.05) is 19.1 Å². The lowest BCUT2D eigenvalue weighted by atomic mass is 9.79. The van der Waals surface area contributed by atoms with Crippen molar-refractivity contribution in [3.05, 3.63) is 71.3 Å². The van der Waals surface area contributed by atoms with Gasteiger partial charge in [-0.15, -0.1) is 5.06 Å². The molecule has 4 amide bonds. The number of hydroxylamine groups is 2. The molecule has 2 saturated carbocycles. The first kappa shape index (κ1) is 50.3. The van der Waals surface area contributed by atoms with Crippen molar-refractivity contribution in [1.29, 1.82) is 0 Å². The fraction of sp³-hybridized carbons (Fsp3) is 0.500. The van der Waals surface area contributed by atoms with Gasteiger partial charge in [0.15, 0.2) is 29.6 Å². The van der Waals surface area contributed by atoms with Crippen LogP contribution in [0.2, 0.25) is 0 Å². The fourth-order valence-electron chi connectivity index (χ4n) is 9.65. The maximum Gasteiger partial charge on any atom is 0.341 e. The second-order valence-electron chi connectivity index (χ2n) is 17.5. The molecule has 0 aromatic heterocycles. The van der Waals surface area contributed by atoms with E-state index in [1.54, 1.807) is 47.4 Å². The molecule has 0 spiro atoms. The van der Waals surface area contributed by atoms with Gasteiger partial charge in [0.2, 0.25) is 11.7 Å². The number of carbonyl (C=O) groups is 6. The first-order valence-electron chi connectivity index (χ1n) is 22.6. The van der Waals surface area contributed by atoms with Gasteiger partial charge in [-0.05, 0) is 111 Å². The molecular weight excluding hydrogens is 923 g/mol. The molecule has 3 aromatic rings. The van der Waals surface area contributed by atoms with Gasteiger partial charge in [0.25, 0.3) is 17.7 Å². The van der Waals surface area contributed by atoms with E-state index in [9.17, 15) is 41.7 Å². The molecule has 2 aliphatic carbocycles. The van der Waals surface area contributed by atoms with E-state index in [1.165, 1.54) is 35.5 Å². The lowest BCUT2D eigenvalue weighted by molar-refractivity contribution is -0.204. The summed E-state index contributed by atoms with van der Waals surface area (Å²) in [7, 11) is 2.41. The number of imide groups is 1. The quantitative estimate of drug-likeness (QED) is 0.0897. The van der Waals surface area contributed by atoms with Gasteiger partial charge >= 0.3 is 11.9 Å². The van der Waals surface area contributed by atoms with E-state index in [0.717, 1.165) is 5.56 Å². The summed E-state index contributed by atoms with van der Waals surface area (Å²) in [4.78, 5) is 86.8. The van der Waals surface area contributed by atoms with Crippen LogP contribution in [0.1, 0.15) is 93.4 Å². The Balaban J connectivity index is 1.05. The number of benzene rings is 3. The number of nitrogens with zero attached hydrogens (tertiary/aromatic N) is 2. The van der Waals surface area contributed by atoms with Crippen molar-refractivity contribution in [2.24, 2.45) is 5.41 Å². The Morgan fingerprint density at radius 2 is 1.57 bits per heavy atom. The summed E-state index contributed by atoms with van der Waals surface area (Å²) < 4.78 is 74.2. The van der Waals surface area contributed by atoms with Crippen molar-refractivity contribution in [2.45, 2.75) is 100.0 Å². The highest BCUT2D eigenvalue weighted by atomic mass is 32.2. The molecule has 0 bridgehead atoms. The molecule has 4 aliphatic rings. The molecule has 6 atom stereocenters. The highest BCUT2D eigenvalue weighted by Crippen LogP contribution is 2.71. The number of hydrogen-bond donors (Lipinski definition) is 1. The second kappa shape index (κ2) is 20.5. The van der Waals surface area contributed by atoms with Crippen molar-refractivity contribution in [2.75, 3.05) is 48.7 Å². The van der Waals surface area contributed by atoms with Crippen LogP contribution in [0.25, 0.3) is 0 Å². The van der Waals surface area contributed by atoms with Gasteiger partial charge in [0, 0.05) is 6.54 Å². The van der Waals surface area contributed by atoms with Crippen molar-refractivity contribution in [1.82, 2.24) is 15.3 Å². The van der Waals surface area contributed by atoms with Crippen LogP contribution in [0.15, 0.2) is 54.6 Å². The largest absolute Gasteiger partial charge is 0.747 e. The van der Waals surface area contributed by atoms with E-state index in [0.29, 0.717) is 91.4 Å². The number of carbonyl (C=O) groups excluding carboxylic acids is 6. The highest BCUT2D eigenvalue weighted by Gasteiger charge is 2.80. The molecule has 21 heteroatoms. The molecule has 372 valence electrons. The second-order valence-corrected chi connectivity index (χ2v) is 19.0. The van der Waals surface area contributed by atoms with Crippen LogP contribution < -0.4 is 33.7 Å². The van der Waals surface area contributed by atoms with Crippen LogP contribution in [-0.4, -0.2) is 124 Å². The van der Waals surface area contributed by atoms with E-state index >= 15 is 0 Å². The monoisotopic (exact) mass is 978 g/mol. The lowest BCUT2D eigenvalue weighted by Crippen LogP contribution is -2.53. The summed E-state index contributed by atoms with van der Waals surface area (Å²) in [6, 6.07) is 14.8. The third-order valence-corrected chi connectivity index (χ3v) is 14.6. The molecule has 0 radical (unpaired) electrons. The van der Waals surface area contributed by atoms with Gasteiger partial charge in [-0.25, -0.2) is 18.0 Å². The normalized spacial score (nSPS) is 22.5. The number of piperidine rings is 1. The summed E-state index contributed by atoms with van der Waals surface area (Å²) in [5.74, 6) is -3.11. The number of fused-ring (bicyclic) bond motifs is 1. The number of aryl methyl sites for hydroxylation is 1. The molecule has 2 aliphatic heterocycles. The highest BCUT2D eigenvalue weighted by molar-refractivity contribution is 7.87. The zero-order chi connectivity index (χ0) is 49.8. The Bertz CT molecular complexity index is 2580. The topological polar surface area (TPSA) is 252 Å². The minimum absolute atomic E-state index is 0.0149. The van der Waals surface area contributed by atoms with E-state index in [4.69, 9.17) is 38.0 Å². The van der Waals surface area contributed by atoms with Crippen LogP contribution in [0.3, 0.4) is 0 Å². The van der Waals surface area contributed by atoms with Gasteiger partial charge in [0.1, 0.15) is 33.3 Å². The number of amides is 4. The molecule has 3 unspecified atom stereocenters. The zero-order valence-corrected chi connectivity index (χ0v) is 40.1. The van der Waals surface area contributed by atoms with E-state index in [2.05, 4.69) is 5.32 Å². The number of likely N-dealkylation sites (tertiary alicyclic amines) is 1. The predicted octanol–water partition coefficient (Wildman–Crippen LogP) is 4.07. The Morgan fingerprint density at radius 1 is 0.855 bits per heavy atom. The fourth-order valence-corrected chi connectivity index (χ4v) is 10.3. The van der Waals surface area contributed by atoms with Gasteiger partial charge in [0.05, 0.1) is 58.8 Å². The molecule has 20 nitrogen and oxygen atoms in total. The number of esters is 1. The molecule has 3 aromatic carbocycles. The third kappa shape index (κ3) is 10.1. The Labute approximate surface area is 399 Å². The molecule has 69 heavy (non-hydrogen) atoms. The summed E-state index contributed by atoms with van der Waals surface area (Å²) in [5.41, 5.74) is -0.221. The standard InChI is InChI=1S/C48H57N3O17S/c1-7-32(30-23-37(63-4)42(65-6)38(24-30)64-5)43(54)50-20-9-8-13-33(50)45(56)67-34(16-14-28-15-17-35(61-2)36(21-28)62-3)29-11-10-12-31(22-29)66-26-40(52)49-48-19-18-47(48,27-48)46(57)68-51-41(53)25-39(44(51)55)69(58,59)60/h10-12,15,17,21-24,32-34,39H,7-9,13-14,16,18-20,25-27H2,1-6H3,(H,49,52)(H,58,59,60)/p-1/t32-,33-,34+,39?,47?,48?/m0/s1. The zero-order valence-electron chi connectivity index (χ0n) is 39.2. The Hall–Kier alpha value is -6.61. The SMILES string of the molecule is CC[C@H](C(=O)N1CCCC[C@H]1C(=O)O[C@H](CCc1ccc(OC)c(OC)c1)c1cccc(OCC(=O)NC23CCC2(C(=O)ON2C(=O)CC(S(=O)(=O)[O-])C2=O)C3)c1)c1cc(OC)c(OC)c(OC)c1. The molecule has 2 heterocycles. The molecule has 7 rings (SSSR count).